The highest BCUT2D eigenvalue weighted by Gasteiger charge is 2.29. The van der Waals surface area contributed by atoms with Gasteiger partial charge in [-0.3, -0.25) is 9.36 Å². The van der Waals surface area contributed by atoms with Crippen LogP contribution in [-0.2, 0) is 0 Å². The number of Topliss-reactive ketones (excluding diaryl/α,β-unsaturated/α-hetero) is 1. The first-order chi connectivity index (χ1) is 13.5. The summed E-state index contributed by atoms with van der Waals surface area (Å²) in [6.07, 6.45) is 3.85. The third-order valence-corrected chi connectivity index (χ3v) is 5.22. The molecule has 2 aromatic carbocycles. The molecule has 1 aliphatic carbocycles. The van der Waals surface area contributed by atoms with Gasteiger partial charge in [0.05, 0.1) is 23.8 Å². The second kappa shape index (κ2) is 7.50. The number of ketones is 1. The summed E-state index contributed by atoms with van der Waals surface area (Å²) in [6, 6.07) is 8.65. The Balaban J connectivity index is 1.84. The second-order valence-corrected chi connectivity index (χ2v) is 7.63. The van der Waals surface area contributed by atoms with E-state index in [1.807, 2.05) is 18.2 Å². The summed E-state index contributed by atoms with van der Waals surface area (Å²) >= 11 is 3.40. The van der Waals surface area contributed by atoms with Crippen LogP contribution in [-0.4, -0.2) is 29.1 Å². The summed E-state index contributed by atoms with van der Waals surface area (Å²) in [5.41, 5.74) is 2.09. The molecule has 1 aromatic heterocycles. The lowest BCUT2D eigenvalue weighted by molar-refractivity contribution is -0.0502. The van der Waals surface area contributed by atoms with E-state index in [-0.39, 0.29) is 22.8 Å². The van der Waals surface area contributed by atoms with Crippen molar-refractivity contribution in [3.63, 3.8) is 0 Å². The number of methoxy groups -OCH3 is 1. The summed E-state index contributed by atoms with van der Waals surface area (Å²) in [4.78, 5) is 17.0. The molecule has 0 amide bonds. The van der Waals surface area contributed by atoms with Crippen molar-refractivity contribution in [2.45, 2.75) is 25.9 Å². The van der Waals surface area contributed by atoms with Gasteiger partial charge in [-0.2, -0.15) is 8.78 Å². The first-order valence-electron chi connectivity index (χ1n) is 8.79. The zero-order valence-electron chi connectivity index (χ0n) is 15.0. The van der Waals surface area contributed by atoms with Crippen molar-refractivity contribution in [3.8, 4) is 17.2 Å². The SMILES string of the molecule is COc1cc(-n2cnc3cc(Br)ccc32)cc(OC(F)F)c1C(=O)CC1CC1. The maximum absolute atomic E-state index is 13.0. The smallest absolute Gasteiger partial charge is 0.387 e. The summed E-state index contributed by atoms with van der Waals surface area (Å²) in [6.45, 7) is -3.05. The van der Waals surface area contributed by atoms with Crippen molar-refractivity contribution >= 4 is 32.7 Å². The van der Waals surface area contributed by atoms with Crippen molar-refractivity contribution in [2.75, 3.05) is 7.11 Å². The van der Waals surface area contributed by atoms with Gasteiger partial charge < -0.3 is 9.47 Å². The molecule has 1 saturated carbocycles. The van der Waals surface area contributed by atoms with E-state index < -0.39 is 6.61 Å². The highest BCUT2D eigenvalue weighted by Crippen LogP contribution is 2.39. The summed E-state index contributed by atoms with van der Waals surface area (Å²) < 4.78 is 38.8. The van der Waals surface area contributed by atoms with Gasteiger partial charge in [0.2, 0.25) is 0 Å². The maximum atomic E-state index is 13.0. The predicted octanol–water partition coefficient (Wildman–Crippen LogP) is 5.38. The first-order valence-corrected chi connectivity index (χ1v) is 9.58. The van der Waals surface area contributed by atoms with Crippen LogP contribution in [0.15, 0.2) is 41.1 Å². The molecule has 0 unspecified atom stereocenters. The van der Waals surface area contributed by atoms with Gasteiger partial charge in [-0.05, 0) is 37.0 Å². The predicted molar refractivity (Wildman–Crippen MR) is 104 cm³/mol. The van der Waals surface area contributed by atoms with Gasteiger partial charge in [-0.25, -0.2) is 4.98 Å². The highest BCUT2D eigenvalue weighted by molar-refractivity contribution is 9.10. The molecule has 8 heteroatoms. The van der Waals surface area contributed by atoms with E-state index >= 15 is 0 Å². The molecule has 0 N–H and O–H groups in total. The molecule has 0 aliphatic heterocycles. The number of fused-ring (bicyclic) bond motifs is 1. The van der Waals surface area contributed by atoms with E-state index in [0.717, 1.165) is 28.3 Å². The Kier molecular flexibility index (Phi) is 5.05. The number of nitrogens with zero attached hydrogens (tertiary/aromatic N) is 2. The zero-order chi connectivity index (χ0) is 19.8. The number of aromatic nitrogens is 2. The number of alkyl halides is 2. The van der Waals surface area contributed by atoms with E-state index in [1.54, 1.807) is 17.0 Å². The standard InChI is InChI=1S/C20H17BrF2N2O3/c1-27-17-8-13(25-10-24-14-7-12(21)4-5-15(14)25)9-18(28-20(22)23)19(17)16(26)6-11-2-3-11/h4-5,7-11,20H,2-3,6H2,1H3. The minimum Gasteiger partial charge on any atom is -0.496 e. The summed E-state index contributed by atoms with van der Waals surface area (Å²) in [5.74, 6) is 0.0833. The van der Waals surface area contributed by atoms with Gasteiger partial charge in [-0.1, -0.05) is 15.9 Å². The minimum absolute atomic E-state index is 0.0608. The minimum atomic E-state index is -3.05. The van der Waals surface area contributed by atoms with Gasteiger partial charge in [0.25, 0.3) is 0 Å². The Morgan fingerprint density at radius 3 is 2.71 bits per heavy atom. The van der Waals surface area contributed by atoms with E-state index in [0.29, 0.717) is 18.0 Å². The Hall–Kier alpha value is -2.48. The lowest BCUT2D eigenvalue weighted by Gasteiger charge is -2.16. The lowest BCUT2D eigenvalue weighted by Crippen LogP contribution is -2.11. The van der Waals surface area contributed by atoms with Crippen molar-refractivity contribution in [1.82, 2.24) is 9.55 Å². The van der Waals surface area contributed by atoms with Crippen LogP contribution in [0.5, 0.6) is 11.5 Å². The number of carbonyl (C=O) groups excluding carboxylic acids is 1. The molecule has 146 valence electrons. The lowest BCUT2D eigenvalue weighted by atomic mass is 10.0. The van der Waals surface area contributed by atoms with Crippen LogP contribution >= 0.6 is 15.9 Å². The molecule has 5 nitrogen and oxygen atoms in total. The quantitative estimate of drug-likeness (QED) is 0.453. The monoisotopic (exact) mass is 450 g/mol. The third-order valence-electron chi connectivity index (χ3n) is 4.72. The molecule has 0 bridgehead atoms. The molecule has 0 saturated heterocycles. The topological polar surface area (TPSA) is 53.4 Å². The van der Waals surface area contributed by atoms with Gasteiger partial charge >= 0.3 is 6.61 Å². The van der Waals surface area contributed by atoms with Gasteiger partial charge in [0.15, 0.2) is 5.78 Å². The van der Waals surface area contributed by atoms with Crippen LogP contribution < -0.4 is 9.47 Å². The van der Waals surface area contributed by atoms with Crippen molar-refractivity contribution in [1.29, 1.82) is 0 Å². The van der Waals surface area contributed by atoms with Crippen LogP contribution in [0, 0.1) is 5.92 Å². The van der Waals surface area contributed by atoms with E-state index in [1.165, 1.54) is 13.2 Å². The fraction of sp³-hybridized carbons (Fsp3) is 0.300. The number of imidazole rings is 1. The molecular formula is C20H17BrF2N2O3. The van der Waals surface area contributed by atoms with Gasteiger partial charge in [-0.15, -0.1) is 0 Å². The van der Waals surface area contributed by atoms with Crippen LogP contribution in [0.3, 0.4) is 0 Å². The summed E-state index contributed by atoms with van der Waals surface area (Å²) in [7, 11) is 1.41. The van der Waals surface area contributed by atoms with Crippen molar-refractivity contribution in [3.05, 3.63) is 46.7 Å². The number of hydrogen-bond donors (Lipinski definition) is 0. The molecular weight excluding hydrogens is 434 g/mol. The third kappa shape index (κ3) is 3.73. The van der Waals surface area contributed by atoms with E-state index in [4.69, 9.17) is 9.47 Å². The first kappa shape index (κ1) is 18.9. The number of ether oxygens (including phenoxy) is 2. The van der Waals surface area contributed by atoms with Crippen LogP contribution in [0.2, 0.25) is 0 Å². The molecule has 1 heterocycles. The van der Waals surface area contributed by atoms with Gasteiger partial charge in [0, 0.05) is 23.0 Å². The Labute approximate surface area is 168 Å². The highest BCUT2D eigenvalue weighted by atomic mass is 79.9. The van der Waals surface area contributed by atoms with Crippen molar-refractivity contribution in [2.24, 2.45) is 5.92 Å². The fourth-order valence-corrected chi connectivity index (χ4v) is 3.57. The molecule has 1 aliphatic rings. The normalized spacial score (nSPS) is 13.9. The van der Waals surface area contributed by atoms with Crippen LogP contribution in [0.4, 0.5) is 8.78 Å². The number of halogens is 3. The second-order valence-electron chi connectivity index (χ2n) is 6.72. The van der Waals surface area contributed by atoms with Crippen LogP contribution in [0.1, 0.15) is 29.6 Å². The number of rotatable bonds is 7. The summed E-state index contributed by atoms with van der Waals surface area (Å²) in [5, 5.41) is 0. The molecule has 0 atom stereocenters. The average molecular weight is 451 g/mol. The Morgan fingerprint density at radius 1 is 1.29 bits per heavy atom. The van der Waals surface area contributed by atoms with Crippen molar-refractivity contribution < 1.29 is 23.0 Å². The zero-order valence-corrected chi connectivity index (χ0v) is 16.6. The Bertz CT molecular complexity index is 1050. The van der Waals surface area contributed by atoms with E-state index in [2.05, 4.69) is 20.9 Å². The molecule has 3 aromatic rings. The molecule has 28 heavy (non-hydrogen) atoms. The molecule has 0 spiro atoms. The molecule has 4 rings (SSSR count). The fourth-order valence-electron chi connectivity index (χ4n) is 3.22. The maximum Gasteiger partial charge on any atom is 0.387 e. The van der Waals surface area contributed by atoms with Crippen LogP contribution in [0.25, 0.3) is 16.7 Å². The Morgan fingerprint density at radius 2 is 2.04 bits per heavy atom. The number of benzene rings is 2. The van der Waals surface area contributed by atoms with Gasteiger partial charge in [0.1, 0.15) is 23.4 Å². The average Bonchev–Trinajstić information content (AvgIpc) is 3.36. The largest absolute Gasteiger partial charge is 0.496 e. The molecule has 0 radical (unpaired) electrons. The molecule has 1 fully saturated rings. The van der Waals surface area contributed by atoms with E-state index in [9.17, 15) is 13.6 Å². The number of hydrogen-bond acceptors (Lipinski definition) is 4. The number of carbonyl (C=O) groups is 1.